The Kier molecular flexibility index (Phi) is 5.69. The summed E-state index contributed by atoms with van der Waals surface area (Å²) < 4.78 is 26.4. The molecule has 0 spiro atoms. The highest BCUT2D eigenvalue weighted by molar-refractivity contribution is 7.89. The van der Waals surface area contributed by atoms with Gasteiger partial charge in [-0.1, -0.05) is 36.5 Å². The summed E-state index contributed by atoms with van der Waals surface area (Å²) in [5.41, 5.74) is 0. The molecule has 1 unspecified atom stereocenters. The third-order valence-corrected chi connectivity index (χ3v) is 5.22. The van der Waals surface area contributed by atoms with Gasteiger partial charge in [-0.3, -0.25) is 0 Å². The van der Waals surface area contributed by atoms with E-state index in [4.69, 9.17) is 23.2 Å². The van der Waals surface area contributed by atoms with Crippen LogP contribution in [-0.2, 0) is 10.0 Å². The van der Waals surface area contributed by atoms with Crippen LogP contribution in [0.2, 0.25) is 8.67 Å². The van der Waals surface area contributed by atoms with E-state index in [1.807, 2.05) is 6.92 Å². The van der Waals surface area contributed by atoms with E-state index in [0.29, 0.717) is 10.8 Å². The third kappa shape index (κ3) is 4.39. The Hall–Kier alpha value is 0.150. The topological polar surface area (TPSA) is 66.4 Å². The Balaban J connectivity index is 2.73. The molecule has 0 bridgehead atoms. The van der Waals surface area contributed by atoms with Gasteiger partial charge < -0.3 is 5.11 Å². The van der Waals surface area contributed by atoms with Crippen LogP contribution in [0, 0.1) is 0 Å². The van der Waals surface area contributed by atoms with Gasteiger partial charge in [0.2, 0.25) is 10.0 Å². The van der Waals surface area contributed by atoms with Gasteiger partial charge in [0.25, 0.3) is 0 Å². The normalized spacial score (nSPS) is 13.9. The average Bonchev–Trinajstić information content (AvgIpc) is 2.56. The molecule has 0 saturated heterocycles. The van der Waals surface area contributed by atoms with Gasteiger partial charge in [0, 0.05) is 6.54 Å². The molecule has 1 aromatic heterocycles. The quantitative estimate of drug-likeness (QED) is 0.847. The largest absolute Gasteiger partial charge is 0.392 e. The molecule has 0 amide bonds. The lowest BCUT2D eigenvalue weighted by Crippen LogP contribution is -2.32. The number of hydrogen-bond donors (Lipinski definition) is 2. The first-order valence-corrected chi connectivity index (χ1v) is 8.05. The van der Waals surface area contributed by atoms with Crippen molar-refractivity contribution in [2.24, 2.45) is 0 Å². The van der Waals surface area contributed by atoms with E-state index in [0.717, 1.165) is 17.8 Å². The SMILES string of the molecule is CCCC(O)CNS(=O)(=O)c1cc(Cl)sc1Cl. The molecule has 8 heteroatoms. The number of halogens is 2. The van der Waals surface area contributed by atoms with Crippen molar-refractivity contribution in [3.63, 3.8) is 0 Å². The van der Waals surface area contributed by atoms with Crippen LogP contribution in [0.25, 0.3) is 0 Å². The van der Waals surface area contributed by atoms with E-state index in [1.54, 1.807) is 0 Å². The molecule has 0 saturated carbocycles. The van der Waals surface area contributed by atoms with Crippen molar-refractivity contribution in [2.45, 2.75) is 30.8 Å². The Morgan fingerprint density at radius 1 is 1.53 bits per heavy atom. The first kappa shape index (κ1) is 15.2. The van der Waals surface area contributed by atoms with Crippen molar-refractivity contribution in [1.29, 1.82) is 0 Å². The molecular formula is C9H13Cl2NO3S2. The van der Waals surface area contributed by atoms with Gasteiger partial charge in [0.1, 0.15) is 9.23 Å². The monoisotopic (exact) mass is 317 g/mol. The summed E-state index contributed by atoms with van der Waals surface area (Å²) in [6.07, 6.45) is 0.636. The lowest BCUT2D eigenvalue weighted by atomic mass is 10.2. The highest BCUT2D eigenvalue weighted by Gasteiger charge is 2.21. The van der Waals surface area contributed by atoms with Crippen LogP contribution in [0.1, 0.15) is 19.8 Å². The molecule has 0 radical (unpaired) electrons. The maximum Gasteiger partial charge on any atom is 0.243 e. The molecule has 1 aromatic rings. The molecule has 0 aliphatic carbocycles. The summed E-state index contributed by atoms with van der Waals surface area (Å²) in [6.45, 7) is 1.88. The van der Waals surface area contributed by atoms with Gasteiger partial charge in [0.05, 0.1) is 10.4 Å². The minimum absolute atomic E-state index is 0.0278. The fourth-order valence-electron chi connectivity index (χ4n) is 1.23. The molecule has 98 valence electrons. The highest BCUT2D eigenvalue weighted by atomic mass is 35.5. The first-order chi connectivity index (χ1) is 7.86. The van der Waals surface area contributed by atoms with E-state index in [-0.39, 0.29) is 15.8 Å². The van der Waals surface area contributed by atoms with Gasteiger partial charge in [-0.05, 0) is 12.5 Å². The van der Waals surface area contributed by atoms with E-state index in [2.05, 4.69) is 4.72 Å². The zero-order chi connectivity index (χ0) is 13.1. The molecule has 17 heavy (non-hydrogen) atoms. The predicted molar refractivity (Wildman–Crippen MR) is 70.4 cm³/mol. The fourth-order valence-corrected chi connectivity index (χ4v) is 4.45. The van der Waals surface area contributed by atoms with Crippen molar-refractivity contribution in [3.8, 4) is 0 Å². The molecular weight excluding hydrogens is 305 g/mol. The molecule has 0 fully saturated rings. The number of nitrogens with one attached hydrogen (secondary N) is 1. The molecule has 1 rings (SSSR count). The summed E-state index contributed by atoms with van der Waals surface area (Å²) in [4.78, 5) is -0.0436. The number of sulfonamides is 1. The minimum Gasteiger partial charge on any atom is -0.392 e. The summed E-state index contributed by atoms with van der Waals surface area (Å²) in [5.74, 6) is 0. The highest BCUT2D eigenvalue weighted by Crippen LogP contribution is 2.33. The second-order valence-electron chi connectivity index (χ2n) is 3.48. The van der Waals surface area contributed by atoms with Gasteiger partial charge in [-0.2, -0.15) is 0 Å². The Labute approximate surface area is 115 Å². The van der Waals surface area contributed by atoms with Crippen molar-refractivity contribution >= 4 is 44.6 Å². The van der Waals surface area contributed by atoms with E-state index < -0.39 is 16.1 Å². The van der Waals surface area contributed by atoms with Gasteiger partial charge in [0.15, 0.2) is 0 Å². The molecule has 4 nitrogen and oxygen atoms in total. The number of aliphatic hydroxyl groups excluding tert-OH is 1. The Bertz CT molecular complexity index is 473. The van der Waals surface area contributed by atoms with Crippen LogP contribution < -0.4 is 4.72 Å². The van der Waals surface area contributed by atoms with Crippen molar-refractivity contribution < 1.29 is 13.5 Å². The molecule has 0 aromatic carbocycles. The number of rotatable bonds is 6. The second kappa shape index (κ2) is 6.36. The summed E-state index contributed by atoms with van der Waals surface area (Å²) in [7, 11) is -3.70. The Morgan fingerprint density at radius 3 is 2.65 bits per heavy atom. The van der Waals surface area contributed by atoms with Gasteiger partial charge in [-0.25, -0.2) is 13.1 Å². The van der Waals surface area contributed by atoms with Crippen LogP contribution in [0.4, 0.5) is 0 Å². The molecule has 2 N–H and O–H groups in total. The minimum atomic E-state index is -3.70. The van der Waals surface area contributed by atoms with Crippen molar-refractivity contribution in [2.75, 3.05) is 6.54 Å². The number of hydrogen-bond acceptors (Lipinski definition) is 4. The lowest BCUT2D eigenvalue weighted by Gasteiger charge is -2.10. The standard InChI is InChI=1S/C9H13Cl2NO3S2/c1-2-3-6(13)5-12-17(14,15)7-4-8(10)16-9(7)11/h4,6,12-13H,2-3,5H2,1H3. The van der Waals surface area contributed by atoms with Crippen LogP contribution in [0.3, 0.4) is 0 Å². The summed E-state index contributed by atoms with van der Waals surface area (Å²) in [5, 5.41) is 9.45. The average molecular weight is 318 g/mol. The smallest absolute Gasteiger partial charge is 0.243 e. The van der Waals surface area contributed by atoms with E-state index in [9.17, 15) is 13.5 Å². The fraction of sp³-hybridized carbons (Fsp3) is 0.556. The van der Waals surface area contributed by atoms with Crippen LogP contribution in [0.15, 0.2) is 11.0 Å². The lowest BCUT2D eigenvalue weighted by molar-refractivity contribution is 0.167. The first-order valence-electron chi connectivity index (χ1n) is 4.99. The van der Waals surface area contributed by atoms with E-state index in [1.165, 1.54) is 6.07 Å². The third-order valence-electron chi connectivity index (χ3n) is 2.05. The second-order valence-corrected chi connectivity index (χ2v) is 7.50. The summed E-state index contributed by atoms with van der Waals surface area (Å²) >= 11 is 12.4. The van der Waals surface area contributed by atoms with Crippen LogP contribution in [-0.4, -0.2) is 26.2 Å². The van der Waals surface area contributed by atoms with Gasteiger partial charge in [-0.15, -0.1) is 11.3 Å². The predicted octanol–water partition coefficient (Wildman–Crippen LogP) is 2.49. The molecule has 1 heterocycles. The zero-order valence-corrected chi connectivity index (χ0v) is 12.3. The summed E-state index contributed by atoms with van der Waals surface area (Å²) in [6, 6.07) is 1.29. The maximum absolute atomic E-state index is 11.8. The van der Waals surface area contributed by atoms with Gasteiger partial charge >= 0.3 is 0 Å². The molecule has 0 aliphatic rings. The number of aliphatic hydroxyl groups is 1. The maximum atomic E-state index is 11.8. The van der Waals surface area contributed by atoms with Crippen molar-refractivity contribution in [1.82, 2.24) is 4.72 Å². The van der Waals surface area contributed by atoms with Crippen LogP contribution >= 0.6 is 34.5 Å². The van der Waals surface area contributed by atoms with E-state index >= 15 is 0 Å². The molecule has 1 atom stereocenters. The Morgan fingerprint density at radius 2 is 2.18 bits per heavy atom. The van der Waals surface area contributed by atoms with Crippen LogP contribution in [0.5, 0.6) is 0 Å². The zero-order valence-electron chi connectivity index (χ0n) is 9.11. The van der Waals surface area contributed by atoms with Crippen molar-refractivity contribution in [3.05, 3.63) is 14.7 Å². The number of thiophene rings is 1. The molecule has 0 aliphatic heterocycles.